The van der Waals surface area contributed by atoms with Gasteiger partial charge in [-0.05, 0) is 39.8 Å². The van der Waals surface area contributed by atoms with Crippen LogP contribution in [-0.2, 0) is 4.74 Å². The number of amides is 1. The van der Waals surface area contributed by atoms with Gasteiger partial charge in [0, 0.05) is 32.2 Å². The predicted octanol–water partition coefficient (Wildman–Crippen LogP) is 0.901. The second-order valence-electron chi connectivity index (χ2n) is 5.44. The Bertz CT molecular complexity index is 269. The summed E-state index contributed by atoms with van der Waals surface area (Å²) >= 11 is 0. The summed E-state index contributed by atoms with van der Waals surface area (Å²) in [7, 11) is 4.09. The highest BCUT2D eigenvalue weighted by Crippen LogP contribution is 2.21. The van der Waals surface area contributed by atoms with Gasteiger partial charge in [0.15, 0.2) is 0 Å². The molecule has 0 aromatic rings. The zero-order valence-corrected chi connectivity index (χ0v) is 11.5. The first-order valence-electron chi connectivity index (χ1n) is 7.00. The maximum Gasteiger partial charge on any atom is 0.410 e. The molecule has 1 amide bonds. The Morgan fingerprint density at radius 2 is 1.72 bits per heavy atom. The summed E-state index contributed by atoms with van der Waals surface area (Å²) < 4.78 is 5.60. The monoisotopic (exact) mass is 255 g/mol. The third-order valence-corrected chi connectivity index (χ3v) is 4.11. The van der Waals surface area contributed by atoms with Gasteiger partial charge in [-0.3, -0.25) is 0 Å². The van der Waals surface area contributed by atoms with Gasteiger partial charge in [-0.25, -0.2) is 4.79 Å². The standard InChI is InChI=1S/C13H25N3O2/c1-14-11-3-5-12(6-4-11)18-13(17)16-9-7-15(2)8-10-16/h11-12,14H,3-10H2,1-2H3. The fraction of sp³-hybridized carbons (Fsp3) is 0.923. The summed E-state index contributed by atoms with van der Waals surface area (Å²) in [5.74, 6) is 0. The largest absolute Gasteiger partial charge is 0.446 e. The Hall–Kier alpha value is -0.810. The van der Waals surface area contributed by atoms with E-state index in [0.29, 0.717) is 6.04 Å². The molecule has 5 nitrogen and oxygen atoms in total. The van der Waals surface area contributed by atoms with Crippen LogP contribution in [0.4, 0.5) is 4.79 Å². The first kappa shape index (κ1) is 13.6. The quantitative estimate of drug-likeness (QED) is 0.796. The van der Waals surface area contributed by atoms with Crippen LogP contribution in [0.25, 0.3) is 0 Å². The first-order chi connectivity index (χ1) is 8.69. The summed E-state index contributed by atoms with van der Waals surface area (Å²) in [5.41, 5.74) is 0. The molecule has 1 N–H and O–H groups in total. The smallest absolute Gasteiger partial charge is 0.410 e. The van der Waals surface area contributed by atoms with E-state index in [2.05, 4.69) is 17.3 Å². The van der Waals surface area contributed by atoms with Gasteiger partial charge in [-0.1, -0.05) is 0 Å². The van der Waals surface area contributed by atoms with Gasteiger partial charge in [0.2, 0.25) is 0 Å². The van der Waals surface area contributed by atoms with Gasteiger partial charge in [-0.2, -0.15) is 0 Å². The SMILES string of the molecule is CNC1CCC(OC(=O)N2CCN(C)CC2)CC1. The lowest BCUT2D eigenvalue weighted by Crippen LogP contribution is -2.48. The lowest BCUT2D eigenvalue weighted by Gasteiger charge is -2.34. The lowest BCUT2D eigenvalue weighted by atomic mass is 9.93. The molecule has 0 unspecified atom stereocenters. The number of nitrogens with one attached hydrogen (secondary N) is 1. The number of ether oxygens (including phenoxy) is 1. The minimum Gasteiger partial charge on any atom is -0.446 e. The van der Waals surface area contributed by atoms with Crippen molar-refractivity contribution in [1.29, 1.82) is 0 Å². The molecule has 18 heavy (non-hydrogen) atoms. The average molecular weight is 255 g/mol. The fourth-order valence-electron chi connectivity index (χ4n) is 2.68. The molecule has 2 rings (SSSR count). The zero-order valence-electron chi connectivity index (χ0n) is 11.5. The van der Waals surface area contributed by atoms with Gasteiger partial charge >= 0.3 is 6.09 Å². The Morgan fingerprint density at radius 3 is 2.28 bits per heavy atom. The topological polar surface area (TPSA) is 44.8 Å². The average Bonchev–Trinajstić information content (AvgIpc) is 2.40. The van der Waals surface area contributed by atoms with E-state index >= 15 is 0 Å². The maximum absolute atomic E-state index is 12.0. The van der Waals surface area contributed by atoms with Crippen LogP contribution in [0.3, 0.4) is 0 Å². The normalized spacial score (nSPS) is 30.2. The van der Waals surface area contributed by atoms with Gasteiger partial charge in [0.1, 0.15) is 6.10 Å². The lowest BCUT2D eigenvalue weighted by molar-refractivity contribution is 0.0319. The second-order valence-corrected chi connectivity index (χ2v) is 5.44. The van der Waals surface area contributed by atoms with Crippen LogP contribution >= 0.6 is 0 Å². The van der Waals surface area contributed by atoms with Crippen molar-refractivity contribution in [3.63, 3.8) is 0 Å². The van der Waals surface area contributed by atoms with Crippen LogP contribution in [0.15, 0.2) is 0 Å². The molecule has 2 aliphatic rings. The van der Waals surface area contributed by atoms with E-state index < -0.39 is 0 Å². The number of rotatable bonds is 2. The highest BCUT2D eigenvalue weighted by atomic mass is 16.6. The van der Waals surface area contributed by atoms with E-state index in [0.717, 1.165) is 51.9 Å². The minimum absolute atomic E-state index is 0.115. The number of carbonyl (C=O) groups is 1. The molecule has 1 saturated carbocycles. The van der Waals surface area contributed by atoms with Crippen molar-refractivity contribution >= 4 is 6.09 Å². The van der Waals surface area contributed by atoms with E-state index in [4.69, 9.17) is 4.74 Å². The van der Waals surface area contributed by atoms with E-state index in [1.54, 1.807) is 0 Å². The van der Waals surface area contributed by atoms with Crippen LogP contribution in [0, 0.1) is 0 Å². The van der Waals surface area contributed by atoms with Crippen LogP contribution in [0.5, 0.6) is 0 Å². The van der Waals surface area contributed by atoms with E-state index in [1.807, 2.05) is 11.9 Å². The zero-order chi connectivity index (χ0) is 13.0. The third-order valence-electron chi connectivity index (χ3n) is 4.11. The van der Waals surface area contributed by atoms with Gasteiger partial charge in [-0.15, -0.1) is 0 Å². The molecule has 0 aromatic heterocycles. The number of hydrogen-bond acceptors (Lipinski definition) is 4. The molecule has 1 saturated heterocycles. The van der Waals surface area contributed by atoms with E-state index in [-0.39, 0.29) is 12.2 Å². The van der Waals surface area contributed by atoms with E-state index in [9.17, 15) is 4.79 Å². The second kappa shape index (κ2) is 6.38. The summed E-state index contributed by atoms with van der Waals surface area (Å²) in [4.78, 5) is 16.1. The van der Waals surface area contributed by atoms with Crippen molar-refractivity contribution in [3.8, 4) is 0 Å². The summed E-state index contributed by atoms with van der Waals surface area (Å²) in [6.45, 7) is 3.48. The number of hydrogen-bond donors (Lipinski definition) is 1. The van der Waals surface area contributed by atoms with Crippen molar-refractivity contribution in [2.75, 3.05) is 40.3 Å². The Morgan fingerprint density at radius 1 is 1.11 bits per heavy atom. The Balaban J connectivity index is 1.71. The molecule has 0 atom stereocenters. The summed E-state index contributed by atoms with van der Waals surface area (Å²) in [5, 5.41) is 3.29. The number of carbonyl (C=O) groups excluding carboxylic acids is 1. The molecule has 0 spiro atoms. The number of nitrogens with zero attached hydrogens (tertiary/aromatic N) is 2. The number of piperazine rings is 1. The molecule has 104 valence electrons. The molecule has 1 aliphatic carbocycles. The van der Waals surface area contributed by atoms with Crippen LogP contribution < -0.4 is 5.32 Å². The van der Waals surface area contributed by atoms with Crippen molar-refractivity contribution in [2.24, 2.45) is 0 Å². The van der Waals surface area contributed by atoms with Crippen LogP contribution in [0.2, 0.25) is 0 Å². The Kier molecular flexibility index (Phi) is 4.83. The molecular weight excluding hydrogens is 230 g/mol. The van der Waals surface area contributed by atoms with Gasteiger partial charge in [0.05, 0.1) is 0 Å². The molecule has 1 heterocycles. The molecule has 2 fully saturated rings. The fourth-order valence-corrected chi connectivity index (χ4v) is 2.68. The molecule has 0 aromatic carbocycles. The molecule has 0 bridgehead atoms. The summed E-state index contributed by atoms with van der Waals surface area (Å²) in [6.07, 6.45) is 4.21. The molecule has 0 radical (unpaired) electrons. The molecule has 1 aliphatic heterocycles. The summed E-state index contributed by atoms with van der Waals surface area (Å²) in [6, 6.07) is 0.601. The van der Waals surface area contributed by atoms with Gasteiger partial charge < -0.3 is 19.9 Å². The molecule has 5 heteroatoms. The van der Waals surface area contributed by atoms with Crippen LogP contribution in [0.1, 0.15) is 25.7 Å². The van der Waals surface area contributed by atoms with Crippen molar-refractivity contribution in [1.82, 2.24) is 15.1 Å². The van der Waals surface area contributed by atoms with Gasteiger partial charge in [0.25, 0.3) is 0 Å². The number of likely N-dealkylation sites (N-methyl/N-ethyl adjacent to an activating group) is 1. The van der Waals surface area contributed by atoms with E-state index in [1.165, 1.54) is 0 Å². The van der Waals surface area contributed by atoms with Crippen molar-refractivity contribution < 1.29 is 9.53 Å². The maximum atomic E-state index is 12.0. The first-order valence-corrected chi connectivity index (χ1v) is 7.00. The predicted molar refractivity (Wildman–Crippen MR) is 70.7 cm³/mol. The Labute approximate surface area is 109 Å². The molecular formula is C13H25N3O2. The third kappa shape index (κ3) is 3.59. The van der Waals surface area contributed by atoms with Crippen molar-refractivity contribution in [3.05, 3.63) is 0 Å². The van der Waals surface area contributed by atoms with Crippen molar-refractivity contribution in [2.45, 2.75) is 37.8 Å². The van der Waals surface area contributed by atoms with Crippen LogP contribution in [-0.4, -0.2) is 68.3 Å². The minimum atomic E-state index is -0.115. The highest BCUT2D eigenvalue weighted by molar-refractivity contribution is 5.68. The highest BCUT2D eigenvalue weighted by Gasteiger charge is 2.26.